The number of hydrogen-bond donors (Lipinski definition) is 2. The summed E-state index contributed by atoms with van der Waals surface area (Å²) in [5.41, 5.74) is 2.20. The molecule has 0 unspecified atom stereocenters. The molecule has 1 atom stereocenters. The first-order valence-electron chi connectivity index (χ1n) is 7.57. The third kappa shape index (κ3) is 4.78. The van der Waals surface area contributed by atoms with Gasteiger partial charge in [0.25, 0.3) is 0 Å². The van der Waals surface area contributed by atoms with Crippen molar-refractivity contribution in [2.45, 2.75) is 53.1 Å². The van der Waals surface area contributed by atoms with Crippen LogP contribution in [-0.2, 0) is 11.3 Å². The van der Waals surface area contributed by atoms with Crippen molar-refractivity contribution in [1.82, 2.24) is 10.3 Å². The van der Waals surface area contributed by atoms with Gasteiger partial charge in [0.05, 0.1) is 15.2 Å². The number of aryl methyl sites for hydroxylation is 1. The van der Waals surface area contributed by atoms with Gasteiger partial charge in [0, 0.05) is 6.54 Å². The number of nitrogens with zero attached hydrogens (tertiary/aromatic N) is 1. The molecule has 1 aromatic carbocycles. The molecule has 4 nitrogen and oxygen atoms in total. The molecule has 22 heavy (non-hydrogen) atoms. The topological polar surface area (TPSA) is 62.2 Å². The van der Waals surface area contributed by atoms with Gasteiger partial charge >= 0.3 is 5.97 Å². The van der Waals surface area contributed by atoms with E-state index in [1.807, 2.05) is 19.1 Å². The molecular weight excluding hydrogens is 296 g/mol. The summed E-state index contributed by atoms with van der Waals surface area (Å²) in [6.07, 6.45) is 1.51. The number of rotatable bonds is 6. The number of carboxylic acid groups (broad SMARTS) is 1. The van der Waals surface area contributed by atoms with E-state index in [1.54, 1.807) is 11.3 Å². The fraction of sp³-hybridized carbons (Fsp3) is 0.529. The van der Waals surface area contributed by atoms with Crippen LogP contribution in [0.1, 0.15) is 44.2 Å². The fourth-order valence-corrected chi connectivity index (χ4v) is 3.14. The van der Waals surface area contributed by atoms with Gasteiger partial charge in [-0.15, -0.1) is 11.3 Å². The van der Waals surface area contributed by atoms with Gasteiger partial charge in [-0.05, 0) is 42.9 Å². The number of carbonyl (C=O) groups is 1. The molecule has 0 spiro atoms. The van der Waals surface area contributed by atoms with Crippen LogP contribution in [0.4, 0.5) is 0 Å². The Kier molecular flexibility index (Phi) is 5.19. The van der Waals surface area contributed by atoms with Crippen molar-refractivity contribution in [3.05, 3.63) is 28.8 Å². The Morgan fingerprint density at radius 3 is 2.77 bits per heavy atom. The number of aliphatic carboxylic acids is 1. The van der Waals surface area contributed by atoms with Crippen LogP contribution in [0.25, 0.3) is 10.2 Å². The molecule has 0 aliphatic heterocycles. The highest BCUT2D eigenvalue weighted by Gasteiger charge is 2.20. The molecule has 0 saturated heterocycles. The lowest BCUT2D eigenvalue weighted by Crippen LogP contribution is -2.37. The second-order valence-corrected chi connectivity index (χ2v) is 8.14. The summed E-state index contributed by atoms with van der Waals surface area (Å²) in [5, 5.41) is 13.6. The monoisotopic (exact) mass is 320 g/mol. The van der Waals surface area contributed by atoms with E-state index in [-0.39, 0.29) is 5.41 Å². The van der Waals surface area contributed by atoms with Crippen molar-refractivity contribution >= 4 is 27.5 Å². The summed E-state index contributed by atoms with van der Waals surface area (Å²) < 4.78 is 1.17. The zero-order chi connectivity index (χ0) is 16.3. The van der Waals surface area contributed by atoms with Crippen molar-refractivity contribution in [3.63, 3.8) is 0 Å². The minimum atomic E-state index is -0.783. The highest BCUT2D eigenvalue weighted by atomic mass is 32.1. The Morgan fingerprint density at radius 2 is 2.14 bits per heavy atom. The molecule has 2 N–H and O–H groups in total. The molecule has 0 amide bonds. The fourth-order valence-electron chi connectivity index (χ4n) is 2.33. The molecule has 0 aliphatic rings. The average molecular weight is 320 g/mol. The Bertz CT molecular complexity index is 658. The minimum absolute atomic E-state index is 0.145. The zero-order valence-corrected chi connectivity index (χ0v) is 14.5. The van der Waals surface area contributed by atoms with Crippen molar-refractivity contribution in [3.8, 4) is 0 Å². The molecule has 2 rings (SSSR count). The lowest BCUT2D eigenvalue weighted by molar-refractivity contribution is -0.139. The van der Waals surface area contributed by atoms with E-state index in [1.165, 1.54) is 4.70 Å². The van der Waals surface area contributed by atoms with E-state index in [0.29, 0.717) is 13.0 Å². The maximum absolute atomic E-state index is 11.4. The van der Waals surface area contributed by atoms with E-state index in [4.69, 9.17) is 0 Å². The molecule has 0 fully saturated rings. The van der Waals surface area contributed by atoms with E-state index in [2.05, 4.69) is 37.1 Å². The van der Waals surface area contributed by atoms with E-state index in [0.717, 1.165) is 22.5 Å². The third-order valence-electron chi connectivity index (χ3n) is 3.59. The number of benzene rings is 1. The number of aromatic nitrogens is 1. The molecule has 0 radical (unpaired) electrons. The highest BCUT2D eigenvalue weighted by Crippen LogP contribution is 2.23. The molecule has 5 heteroatoms. The molecule has 120 valence electrons. The molecule has 0 bridgehead atoms. The maximum atomic E-state index is 11.4. The summed E-state index contributed by atoms with van der Waals surface area (Å²) in [6, 6.07) is 5.62. The van der Waals surface area contributed by atoms with Gasteiger partial charge in [0.15, 0.2) is 0 Å². The molecular formula is C17H24N2O2S. The molecule has 1 heterocycles. The maximum Gasteiger partial charge on any atom is 0.320 e. The number of carboxylic acids is 1. The van der Waals surface area contributed by atoms with Crippen molar-refractivity contribution in [2.24, 2.45) is 5.41 Å². The van der Waals surface area contributed by atoms with Crippen LogP contribution in [0.3, 0.4) is 0 Å². The quantitative estimate of drug-likeness (QED) is 0.845. The first-order valence-corrected chi connectivity index (χ1v) is 8.38. The van der Waals surface area contributed by atoms with E-state index < -0.39 is 12.0 Å². The lowest BCUT2D eigenvalue weighted by atomic mass is 9.88. The largest absolute Gasteiger partial charge is 0.480 e. The van der Waals surface area contributed by atoms with Gasteiger partial charge in [-0.25, -0.2) is 4.98 Å². The van der Waals surface area contributed by atoms with Crippen LogP contribution in [0, 0.1) is 12.3 Å². The van der Waals surface area contributed by atoms with Crippen LogP contribution in [-0.4, -0.2) is 22.1 Å². The number of hydrogen-bond acceptors (Lipinski definition) is 4. The van der Waals surface area contributed by atoms with Crippen LogP contribution < -0.4 is 5.32 Å². The summed E-state index contributed by atoms with van der Waals surface area (Å²) >= 11 is 1.68. The minimum Gasteiger partial charge on any atom is -0.480 e. The van der Waals surface area contributed by atoms with Gasteiger partial charge in [-0.2, -0.15) is 0 Å². The third-order valence-corrected chi connectivity index (χ3v) is 4.54. The summed E-state index contributed by atoms with van der Waals surface area (Å²) in [6.45, 7) is 8.93. The van der Waals surface area contributed by atoms with Gasteiger partial charge in [0.1, 0.15) is 6.04 Å². The average Bonchev–Trinajstić information content (AvgIpc) is 2.76. The van der Waals surface area contributed by atoms with Gasteiger partial charge in [-0.3, -0.25) is 4.79 Å². The predicted molar refractivity (Wildman–Crippen MR) is 91.3 cm³/mol. The summed E-state index contributed by atoms with van der Waals surface area (Å²) in [4.78, 5) is 15.9. The standard InChI is InChI=1S/C17H24N2O2S/c1-11-19-14-9-12(5-6-15(14)22-11)10-18-13(16(20)21)7-8-17(2,3)4/h5-6,9,13,18H,7-8,10H2,1-4H3,(H,20,21)/t13-/m0/s1. The van der Waals surface area contributed by atoms with Crippen LogP contribution in [0.5, 0.6) is 0 Å². The predicted octanol–water partition coefficient (Wildman–Crippen LogP) is 3.97. The Hall–Kier alpha value is -1.46. The molecule has 0 aliphatic carbocycles. The molecule has 2 aromatic rings. The zero-order valence-electron chi connectivity index (χ0n) is 13.6. The number of thiazole rings is 1. The van der Waals surface area contributed by atoms with Gasteiger partial charge in [-0.1, -0.05) is 26.8 Å². The highest BCUT2D eigenvalue weighted by molar-refractivity contribution is 7.18. The van der Waals surface area contributed by atoms with Crippen molar-refractivity contribution < 1.29 is 9.90 Å². The molecule has 1 aromatic heterocycles. The normalized spacial score (nSPS) is 13.5. The molecule has 0 saturated carbocycles. The number of fused-ring (bicyclic) bond motifs is 1. The van der Waals surface area contributed by atoms with Crippen LogP contribution in [0.15, 0.2) is 18.2 Å². The Balaban J connectivity index is 1.99. The summed E-state index contributed by atoms with van der Waals surface area (Å²) in [7, 11) is 0. The Labute approximate surface area is 135 Å². The van der Waals surface area contributed by atoms with Gasteiger partial charge in [0.2, 0.25) is 0 Å². The summed E-state index contributed by atoms with van der Waals surface area (Å²) in [5.74, 6) is -0.783. The van der Waals surface area contributed by atoms with E-state index >= 15 is 0 Å². The first-order chi connectivity index (χ1) is 10.2. The SMILES string of the molecule is Cc1nc2cc(CN[C@@H](CCC(C)(C)C)C(=O)O)ccc2s1. The second-order valence-electron chi connectivity index (χ2n) is 6.91. The Morgan fingerprint density at radius 1 is 1.41 bits per heavy atom. The smallest absolute Gasteiger partial charge is 0.320 e. The van der Waals surface area contributed by atoms with Crippen molar-refractivity contribution in [2.75, 3.05) is 0 Å². The van der Waals surface area contributed by atoms with Crippen LogP contribution in [0.2, 0.25) is 0 Å². The van der Waals surface area contributed by atoms with E-state index in [9.17, 15) is 9.90 Å². The van der Waals surface area contributed by atoms with Crippen LogP contribution >= 0.6 is 11.3 Å². The van der Waals surface area contributed by atoms with Gasteiger partial charge < -0.3 is 10.4 Å². The van der Waals surface area contributed by atoms with Crippen molar-refractivity contribution in [1.29, 1.82) is 0 Å². The second kappa shape index (κ2) is 6.75. The number of nitrogens with one attached hydrogen (secondary N) is 1. The lowest BCUT2D eigenvalue weighted by Gasteiger charge is -2.21. The first kappa shape index (κ1) is 16.9.